The van der Waals surface area contributed by atoms with Gasteiger partial charge < -0.3 is 15.2 Å². The van der Waals surface area contributed by atoms with Crippen LogP contribution < -0.4 is 5.73 Å². The van der Waals surface area contributed by atoms with Crippen LogP contribution in [-0.2, 0) is 9.47 Å². The molecular formula is C10H21NO2. The first kappa shape index (κ1) is 11.0. The van der Waals surface area contributed by atoms with E-state index < -0.39 is 0 Å². The highest BCUT2D eigenvalue weighted by Crippen LogP contribution is 2.29. The number of hydrogen-bond acceptors (Lipinski definition) is 3. The maximum absolute atomic E-state index is 6.07. The molecule has 1 aliphatic heterocycles. The van der Waals surface area contributed by atoms with Gasteiger partial charge in [-0.15, -0.1) is 0 Å². The molecule has 2 atom stereocenters. The van der Waals surface area contributed by atoms with E-state index in [-0.39, 0.29) is 11.6 Å². The van der Waals surface area contributed by atoms with Crippen LogP contribution in [0.3, 0.4) is 0 Å². The lowest BCUT2D eigenvalue weighted by molar-refractivity contribution is -0.00485. The highest BCUT2D eigenvalue weighted by atomic mass is 16.5. The molecule has 0 aromatic heterocycles. The Morgan fingerprint density at radius 2 is 2.38 bits per heavy atom. The second kappa shape index (κ2) is 4.94. The number of nitrogens with two attached hydrogens (primary N) is 1. The second-order valence-electron chi connectivity index (χ2n) is 4.01. The lowest BCUT2D eigenvalue weighted by Crippen LogP contribution is -2.45. The van der Waals surface area contributed by atoms with E-state index in [0.717, 1.165) is 38.9 Å². The Hall–Kier alpha value is -0.120. The van der Waals surface area contributed by atoms with Crippen LogP contribution in [0.5, 0.6) is 0 Å². The number of methoxy groups -OCH3 is 1. The molecule has 1 heterocycles. The van der Waals surface area contributed by atoms with Crippen molar-refractivity contribution in [2.24, 2.45) is 5.73 Å². The Balaban J connectivity index is 2.24. The molecule has 2 unspecified atom stereocenters. The monoisotopic (exact) mass is 187 g/mol. The third-order valence-corrected chi connectivity index (χ3v) is 2.90. The van der Waals surface area contributed by atoms with Crippen molar-refractivity contribution >= 4 is 0 Å². The molecular weight excluding hydrogens is 166 g/mol. The van der Waals surface area contributed by atoms with Crippen molar-refractivity contribution < 1.29 is 9.47 Å². The molecule has 13 heavy (non-hydrogen) atoms. The Morgan fingerprint density at radius 3 is 2.92 bits per heavy atom. The lowest BCUT2D eigenvalue weighted by atomic mass is 9.91. The van der Waals surface area contributed by atoms with Crippen LogP contribution in [0, 0.1) is 0 Å². The second-order valence-corrected chi connectivity index (χ2v) is 4.01. The van der Waals surface area contributed by atoms with Crippen molar-refractivity contribution in [2.45, 2.75) is 44.2 Å². The molecule has 1 rings (SSSR count). The topological polar surface area (TPSA) is 44.5 Å². The molecule has 0 aliphatic carbocycles. The van der Waals surface area contributed by atoms with E-state index in [0.29, 0.717) is 0 Å². The van der Waals surface area contributed by atoms with Crippen LogP contribution >= 0.6 is 0 Å². The average Bonchev–Trinajstić information content (AvgIpc) is 2.54. The van der Waals surface area contributed by atoms with E-state index in [1.807, 2.05) is 0 Å². The first-order chi connectivity index (χ1) is 6.19. The fourth-order valence-electron chi connectivity index (χ4n) is 1.85. The van der Waals surface area contributed by atoms with E-state index >= 15 is 0 Å². The van der Waals surface area contributed by atoms with Crippen LogP contribution in [-0.4, -0.2) is 32.0 Å². The van der Waals surface area contributed by atoms with Crippen LogP contribution in [0.4, 0.5) is 0 Å². The molecule has 0 radical (unpaired) electrons. The van der Waals surface area contributed by atoms with Crippen molar-refractivity contribution in [1.82, 2.24) is 0 Å². The summed E-state index contributed by atoms with van der Waals surface area (Å²) in [5.74, 6) is 0. The predicted octanol–water partition coefficient (Wildman–Crippen LogP) is 1.31. The lowest BCUT2D eigenvalue weighted by Gasteiger charge is -2.30. The molecule has 1 fully saturated rings. The van der Waals surface area contributed by atoms with Gasteiger partial charge in [0, 0.05) is 26.4 Å². The molecule has 2 N–H and O–H groups in total. The van der Waals surface area contributed by atoms with Gasteiger partial charge >= 0.3 is 0 Å². The zero-order chi connectivity index (χ0) is 9.73. The van der Waals surface area contributed by atoms with Gasteiger partial charge in [0.05, 0.1) is 5.60 Å². The van der Waals surface area contributed by atoms with Crippen LogP contribution in [0.25, 0.3) is 0 Å². The van der Waals surface area contributed by atoms with E-state index in [1.54, 1.807) is 7.11 Å². The molecule has 78 valence electrons. The van der Waals surface area contributed by atoms with Gasteiger partial charge in [-0.1, -0.05) is 0 Å². The summed E-state index contributed by atoms with van der Waals surface area (Å²) in [6.07, 6.45) is 4.26. The maximum Gasteiger partial charge on any atom is 0.0805 e. The minimum atomic E-state index is -0.0757. The minimum Gasteiger partial charge on any atom is -0.385 e. The molecule has 1 aliphatic rings. The zero-order valence-corrected chi connectivity index (χ0v) is 8.71. The van der Waals surface area contributed by atoms with Crippen molar-refractivity contribution in [3.05, 3.63) is 0 Å². The largest absolute Gasteiger partial charge is 0.385 e. The summed E-state index contributed by atoms with van der Waals surface area (Å²) in [6, 6.07) is 0.158. The van der Waals surface area contributed by atoms with Crippen molar-refractivity contribution in [3.63, 3.8) is 0 Å². The molecule has 0 bridgehead atoms. The summed E-state index contributed by atoms with van der Waals surface area (Å²) >= 11 is 0. The first-order valence-corrected chi connectivity index (χ1v) is 5.07. The van der Waals surface area contributed by atoms with Gasteiger partial charge in [-0.3, -0.25) is 0 Å². The molecule has 1 saturated heterocycles. The van der Waals surface area contributed by atoms with E-state index in [9.17, 15) is 0 Å². The third kappa shape index (κ3) is 2.93. The third-order valence-electron chi connectivity index (χ3n) is 2.90. The van der Waals surface area contributed by atoms with Crippen molar-refractivity contribution in [3.8, 4) is 0 Å². The van der Waals surface area contributed by atoms with Gasteiger partial charge in [0.1, 0.15) is 0 Å². The molecule has 0 saturated carbocycles. The summed E-state index contributed by atoms with van der Waals surface area (Å²) in [7, 11) is 1.72. The van der Waals surface area contributed by atoms with Crippen LogP contribution in [0.2, 0.25) is 0 Å². The fraction of sp³-hybridized carbons (Fsp3) is 1.00. The first-order valence-electron chi connectivity index (χ1n) is 5.07. The Morgan fingerprint density at radius 1 is 1.62 bits per heavy atom. The highest BCUT2D eigenvalue weighted by molar-refractivity contribution is 4.90. The molecule has 0 spiro atoms. The highest BCUT2D eigenvalue weighted by Gasteiger charge is 2.35. The Labute approximate surface area is 80.6 Å². The minimum absolute atomic E-state index is 0.0757. The number of rotatable bonds is 5. The summed E-state index contributed by atoms with van der Waals surface area (Å²) < 4.78 is 10.7. The molecule has 0 amide bonds. The average molecular weight is 187 g/mol. The molecule has 3 nitrogen and oxygen atoms in total. The van der Waals surface area contributed by atoms with Gasteiger partial charge in [0.2, 0.25) is 0 Å². The van der Waals surface area contributed by atoms with Crippen LogP contribution in [0.1, 0.15) is 32.6 Å². The smallest absolute Gasteiger partial charge is 0.0805 e. The maximum atomic E-state index is 6.07. The fourth-order valence-corrected chi connectivity index (χ4v) is 1.85. The Kier molecular flexibility index (Phi) is 4.16. The number of ether oxygens (including phenoxy) is 2. The quantitative estimate of drug-likeness (QED) is 0.660. The predicted molar refractivity (Wildman–Crippen MR) is 52.7 cm³/mol. The SMILES string of the molecule is COCCCC(N)C1(C)CCCO1. The number of hydrogen-bond donors (Lipinski definition) is 1. The van der Waals surface area contributed by atoms with Crippen LogP contribution in [0.15, 0.2) is 0 Å². The Bertz CT molecular complexity index is 144. The summed E-state index contributed by atoms with van der Waals surface area (Å²) in [4.78, 5) is 0. The summed E-state index contributed by atoms with van der Waals surface area (Å²) in [6.45, 7) is 3.79. The van der Waals surface area contributed by atoms with E-state index in [1.165, 1.54) is 0 Å². The van der Waals surface area contributed by atoms with Gasteiger partial charge in [0.15, 0.2) is 0 Å². The van der Waals surface area contributed by atoms with Gasteiger partial charge in [0.25, 0.3) is 0 Å². The van der Waals surface area contributed by atoms with Gasteiger partial charge in [-0.2, -0.15) is 0 Å². The van der Waals surface area contributed by atoms with Crippen molar-refractivity contribution in [2.75, 3.05) is 20.3 Å². The van der Waals surface area contributed by atoms with Gasteiger partial charge in [-0.05, 0) is 32.6 Å². The standard InChI is InChI=1S/C10H21NO2/c1-10(6-4-8-13-10)9(11)5-3-7-12-2/h9H,3-8,11H2,1-2H3. The molecule has 3 heteroatoms. The van der Waals surface area contributed by atoms with Gasteiger partial charge in [-0.25, -0.2) is 0 Å². The van der Waals surface area contributed by atoms with E-state index in [4.69, 9.17) is 15.2 Å². The van der Waals surface area contributed by atoms with Crippen molar-refractivity contribution in [1.29, 1.82) is 0 Å². The molecule has 0 aromatic carbocycles. The molecule has 0 aromatic rings. The zero-order valence-electron chi connectivity index (χ0n) is 8.71. The van der Waals surface area contributed by atoms with E-state index in [2.05, 4.69) is 6.92 Å². The normalized spacial score (nSPS) is 30.7. The summed E-state index contributed by atoms with van der Waals surface area (Å²) in [5, 5.41) is 0. The summed E-state index contributed by atoms with van der Waals surface area (Å²) in [5.41, 5.74) is 6.00.